The molecule has 0 bridgehead atoms. The van der Waals surface area contributed by atoms with Crippen molar-refractivity contribution < 1.29 is 19.5 Å². The van der Waals surface area contributed by atoms with Crippen LogP contribution in [0.2, 0.25) is 0 Å². The molecule has 3 rings (SSSR count). The number of hydrogen-bond acceptors (Lipinski definition) is 5. The number of aliphatic hydroxyl groups is 1. The predicted molar refractivity (Wildman–Crippen MR) is 128 cm³/mol. The van der Waals surface area contributed by atoms with Crippen LogP contribution >= 0.6 is 0 Å². The first-order valence-corrected chi connectivity index (χ1v) is 11.2. The zero-order valence-corrected chi connectivity index (χ0v) is 18.5. The summed E-state index contributed by atoms with van der Waals surface area (Å²) in [5.74, 6) is -0.427. The molecule has 0 spiro atoms. The predicted octanol–water partition coefficient (Wildman–Crippen LogP) is 3.66. The van der Waals surface area contributed by atoms with E-state index in [1.807, 2.05) is 30.3 Å². The summed E-state index contributed by atoms with van der Waals surface area (Å²) < 4.78 is 0. The first kappa shape index (κ1) is 24.1. The zero-order valence-electron chi connectivity index (χ0n) is 18.5. The quantitative estimate of drug-likeness (QED) is 0.367. The molecule has 0 saturated heterocycles. The molecule has 33 heavy (non-hydrogen) atoms. The average Bonchev–Trinajstić information content (AvgIpc) is 2.83. The molecule has 0 radical (unpaired) electrons. The summed E-state index contributed by atoms with van der Waals surface area (Å²) in [7, 11) is 0. The lowest BCUT2D eigenvalue weighted by molar-refractivity contribution is -0.121. The van der Waals surface area contributed by atoms with Crippen molar-refractivity contribution in [2.45, 2.75) is 38.5 Å². The fraction of sp³-hybridized carbons (Fsp3) is 0.308. The van der Waals surface area contributed by atoms with E-state index in [1.165, 1.54) is 0 Å². The molecule has 0 aliphatic heterocycles. The number of aliphatic hydroxyl groups excluding tert-OH is 1. The highest BCUT2D eigenvalue weighted by atomic mass is 16.3. The SMILES string of the molecule is O=C(CO)CCCCCCNC(=O)c1ccc(CC(=O)Nc2cccc3cccnc23)cc1. The lowest BCUT2D eigenvalue weighted by atomic mass is 10.1. The van der Waals surface area contributed by atoms with Gasteiger partial charge in [-0.25, -0.2) is 0 Å². The number of amides is 2. The van der Waals surface area contributed by atoms with E-state index in [2.05, 4.69) is 15.6 Å². The summed E-state index contributed by atoms with van der Waals surface area (Å²) in [4.78, 5) is 40.2. The normalized spacial score (nSPS) is 10.7. The van der Waals surface area contributed by atoms with Crippen LogP contribution in [0.4, 0.5) is 5.69 Å². The highest BCUT2D eigenvalue weighted by molar-refractivity contribution is 6.01. The van der Waals surface area contributed by atoms with Gasteiger partial charge in [0.05, 0.1) is 17.6 Å². The van der Waals surface area contributed by atoms with E-state index in [9.17, 15) is 14.4 Å². The van der Waals surface area contributed by atoms with Gasteiger partial charge in [0.1, 0.15) is 6.61 Å². The summed E-state index contributed by atoms with van der Waals surface area (Å²) in [5, 5.41) is 15.4. The molecule has 0 fully saturated rings. The third-order valence-corrected chi connectivity index (χ3v) is 5.33. The minimum atomic E-state index is -0.388. The first-order valence-electron chi connectivity index (χ1n) is 11.2. The van der Waals surface area contributed by atoms with Gasteiger partial charge in [0, 0.05) is 30.1 Å². The van der Waals surface area contributed by atoms with Crippen molar-refractivity contribution in [3.05, 3.63) is 71.9 Å². The maximum atomic E-state index is 12.5. The molecular weight excluding hydrogens is 418 g/mol. The molecule has 0 atom stereocenters. The van der Waals surface area contributed by atoms with Gasteiger partial charge in [0.2, 0.25) is 5.91 Å². The van der Waals surface area contributed by atoms with Gasteiger partial charge in [0.15, 0.2) is 5.78 Å². The number of pyridine rings is 1. The molecule has 2 amide bonds. The molecule has 1 heterocycles. The third kappa shape index (κ3) is 7.50. The second kappa shape index (κ2) is 12.5. The Morgan fingerprint density at radius 3 is 2.42 bits per heavy atom. The van der Waals surface area contributed by atoms with Gasteiger partial charge in [-0.15, -0.1) is 0 Å². The smallest absolute Gasteiger partial charge is 0.251 e. The Morgan fingerprint density at radius 1 is 0.879 bits per heavy atom. The van der Waals surface area contributed by atoms with Gasteiger partial charge in [-0.05, 0) is 42.7 Å². The Morgan fingerprint density at radius 2 is 1.64 bits per heavy atom. The molecule has 0 aliphatic carbocycles. The number of fused-ring (bicyclic) bond motifs is 1. The summed E-state index contributed by atoms with van der Waals surface area (Å²) in [5.41, 5.74) is 2.79. The Bertz CT molecular complexity index is 1090. The largest absolute Gasteiger partial charge is 0.389 e. The topological polar surface area (TPSA) is 108 Å². The second-order valence-corrected chi connectivity index (χ2v) is 7.92. The zero-order chi connectivity index (χ0) is 23.5. The van der Waals surface area contributed by atoms with Crippen LogP contribution in [-0.4, -0.2) is 40.8 Å². The number of hydrogen-bond donors (Lipinski definition) is 3. The summed E-state index contributed by atoms with van der Waals surface area (Å²) in [6.07, 6.45) is 5.71. The lowest BCUT2D eigenvalue weighted by Gasteiger charge is -2.09. The van der Waals surface area contributed by atoms with Crippen LogP contribution in [0, 0.1) is 0 Å². The van der Waals surface area contributed by atoms with E-state index >= 15 is 0 Å². The van der Waals surface area contributed by atoms with E-state index in [0.717, 1.165) is 42.1 Å². The van der Waals surface area contributed by atoms with Crippen LogP contribution in [0.25, 0.3) is 10.9 Å². The fourth-order valence-corrected chi connectivity index (χ4v) is 3.54. The van der Waals surface area contributed by atoms with E-state index in [0.29, 0.717) is 24.2 Å². The summed E-state index contributed by atoms with van der Waals surface area (Å²) >= 11 is 0. The number of nitrogens with one attached hydrogen (secondary N) is 2. The molecule has 0 saturated carbocycles. The van der Waals surface area contributed by atoms with Crippen LogP contribution in [0.1, 0.15) is 48.0 Å². The molecule has 3 N–H and O–H groups in total. The maximum Gasteiger partial charge on any atom is 0.251 e. The van der Waals surface area contributed by atoms with Gasteiger partial charge in [-0.2, -0.15) is 0 Å². The van der Waals surface area contributed by atoms with Crippen LogP contribution in [-0.2, 0) is 16.0 Å². The number of anilines is 1. The standard InChI is InChI=1S/C26H29N3O4/c30-18-22(31)9-3-1-2-4-15-28-26(33)21-13-11-19(12-14-21)17-24(32)29-23-10-5-7-20-8-6-16-27-25(20)23/h5-8,10-14,16,30H,1-4,9,15,17-18H2,(H,28,33)(H,29,32). The number of rotatable bonds is 12. The number of ketones is 1. The number of benzene rings is 2. The number of Topliss-reactive ketones (excluding diaryl/α,β-unsaturated/α-hetero) is 1. The molecule has 7 heteroatoms. The summed E-state index contributed by atoms with van der Waals surface area (Å²) in [6, 6.07) is 16.5. The average molecular weight is 448 g/mol. The number of para-hydroxylation sites is 1. The number of carbonyl (C=O) groups is 3. The van der Waals surface area contributed by atoms with Gasteiger partial charge < -0.3 is 15.7 Å². The number of unbranched alkanes of at least 4 members (excludes halogenated alkanes) is 3. The van der Waals surface area contributed by atoms with Crippen molar-refractivity contribution in [2.75, 3.05) is 18.5 Å². The Labute approximate surface area is 193 Å². The number of carbonyl (C=O) groups excluding carboxylic acids is 3. The number of nitrogens with zero attached hydrogens (tertiary/aromatic N) is 1. The van der Waals surface area contributed by atoms with Crippen molar-refractivity contribution in [1.82, 2.24) is 10.3 Å². The van der Waals surface area contributed by atoms with E-state index < -0.39 is 0 Å². The Kier molecular flexibility index (Phi) is 9.08. The summed E-state index contributed by atoms with van der Waals surface area (Å²) in [6.45, 7) is 0.178. The van der Waals surface area contributed by atoms with Gasteiger partial charge >= 0.3 is 0 Å². The first-order chi connectivity index (χ1) is 16.1. The van der Waals surface area contributed by atoms with Crippen molar-refractivity contribution >= 4 is 34.2 Å². The van der Waals surface area contributed by atoms with Crippen LogP contribution in [0.5, 0.6) is 0 Å². The highest BCUT2D eigenvalue weighted by Gasteiger charge is 2.09. The molecular formula is C26H29N3O4. The van der Waals surface area contributed by atoms with Crippen LogP contribution < -0.4 is 10.6 Å². The Balaban J connectivity index is 1.41. The molecule has 3 aromatic rings. The highest BCUT2D eigenvalue weighted by Crippen LogP contribution is 2.20. The number of aromatic nitrogens is 1. The van der Waals surface area contributed by atoms with Crippen LogP contribution in [0.15, 0.2) is 60.8 Å². The second-order valence-electron chi connectivity index (χ2n) is 7.92. The van der Waals surface area contributed by atoms with E-state index in [-0.39, 0.29) is 30.6 Å². The van der Waals surface area contributed by atoms with Crippen LogP contribution in [0.3, 0.4) is 0 Å². The monoisotopic (exact) mass is 447 g/mol. The Hall–Kier alpha value is -3.58. The molecule has 0 unspecified atom stereocenters. The minimum absolute atomic E-state index is 0.130. The third-order valence-electron chi connectivity index (χ3n) is 5.33. The van der Waals surface area contributed by atoms with Crippen molar-refractivity contribution in [1.29, 1.82) is 0 Å². The molecule has 1 aromatic heterocycles. The molecule has 172 valence electrons. The van der Waals surface area contributed by atoms with E-state index in [1.54, 1.807) is 30.5 Å². The van der Waals surface area contributed by atoms with Gasteiger partial charge in [0.25, 0.3) is 5.91 Å². The van der Waals surface area contributed by atoms with Gasteiger partial charge in [-0.3, -0.25) is 19.4 Å². The van der Waals surface area contributed by atoms with Crippen molar-refractivity contribution in [2.24, 2.45) is 0 Å². The lowest BCUT2D eigenvalue weighted by Crippen LogP contribution is -2.24. The minimum Gasteiger partial charge on any atom is -0.389 e. The van der Waals surface area contributed by atoms with Crippen molar-refractivity contribution in [3.63, 3.8) is 0 Å². The van der Waals surface area contributed by atoms with Gasteiger partial charge in [-0.1, -0.05) is 43.2 Å². The van der Waals surface area contributed by atoms with Crippen molar-refractivity contribution in [3.8, 4) is 0 Å². The fourth-order valence-electron chi connectivity index (χ4n) is 3.54. The molecule has 7 nitrogen and oxygen atoms in total. The van der Waals surface area contributed by atoms with E-state index in [4.69, 9.17) is 5.11 Å². The molecule has 2 aromatic carbocycles. The maximum absolute atomic E-state index is 12.5. The molecule has 0 aliphatic rings.